The zero-order valence-electron chi connectivity index (χ0n) is 15.6. The number of hydrogen-bond acceptors (Lipinski definition) is 8. The normalized spacial score (nSPS) is 15.0. The summed E-state index contributed by atoms with van der Waals surface area (Å²) in [6.45, 7) is 0.0695. The van der Waals surface area contributed by atoms with E-state index in [2.05, 4.69) is 9.71 Å². The third-order valence-electron chi connectivity index (χ3n) is 4.72. The number of anilines is 2. The summed E-state index contributed by atoms with van der Waals surface area (Å²) in [7, 11) is -2.16. The van der Waals surface area contributed by atoms with E-state index in [1.807, 2.05) is 6.07 Å². The Labute approximate surface area is 175 Å². The number of aromatic nitrogens is 1. The fourth-order valence-corrected chi connectivity index (χ4v) is 5.09. The highest BCUT2D eigenvalue weighted by Crippen LogP contribution is 2.37. The lowest BCUT2D eigenvalue weighted by molar-refractivity contribution is -0.120. The third-order valence-corrected chi connectivity index (χ3v) is 6.95. The zero-order chi connectivity index (χ0) is 20.9. The molecule has 9 nitrogen and oxygen atoms in total. The number of rotatable bonds is 4. The van der Waals surface area contributed by atoms with Crippen LogP contribution < -0.4 is 23.8 Å². The number of fused-ring (bicyclic) bond motifs is 2. The summed E-state index contributed by atoms with van der Waals surface area (Å²) in [5.74, 6) is 1.35. The summed E-state index contributed by atoms with van der Waals surface area (Å²) in [5.41, 5.74) is 1.96. The van der Waals surface area contributed by atoms with E-state index in [4.69, 9.17) is 14.2 Å². The second-order valence-electron chi connectivity index (χ2n) is 6.58. The fourth-order valence-electron chi connectivity index (χ4n) is 3.10. The third kappa shape index (κ3) is 3.21. The fraction of sp³-hybridized carbons (Fsp3) is 0.158. The van der Waals surface area contributed by atoms with Crippen LogP contribution in [0.25, 0.3) is 11.3 Å². The van der Waals surface area contributed by atoms with Gasteiger partial charge in [0.05, 0.1) is 16.3 Å². The molecule has 11 heteroatoms. The number of thiazole rings is 1. The number of carbonyl (C=O) groups excluding carboxylic acids is 1. The minimum absolute atomic E-state index is 0.00529. The molecule has 2 aliphatic heterocycles. The van der Waals surface area contributed by atoms with Gasteiger partial charge in [-0.3, -0.25) is 9.52 Å². The molecule has 154 valence electrons. The van der Waals surface area contributed by atoms with Gasteiger partial charge < -0.3 is 19.1 Å². The van der Waals surface area contributed by atoms with Crippen LogP contribution in [-0.2, 0) is 14.8 Å². The maximum atomic E-state index is 12.7. The van der Waals surface area contributed by atoms with Gasteiger partial charge in [0.25, 0.3) is 15.9 Å². The average Bonchev–Trinajstić information content (AvgIpc) is 3.39. The number of benzene rings is 2. The van der Waals surface area contributed by atoms with Crippen molar-refractivity contribution in [1.82, 2.24) is 4.98 Å². The Bertz CT molecular complexity index is 1270. The van der Waals surface area contributed by atoms with E-state index in [0.29, 0.717) is 28.6 Å². The summed E-state index contributed by atoms with van der Waals surface area (Å²) in [5, 5.41) is 1.96. The van der Waals surface area contributed by atoms with Crippen molar-refractivity contribution in [2.24, 2.45) is 0 Å². The largest absolute Gasteiger partial charge is 0.482 e. The lowest BCUT2D eigenvalue weighted by atomic mass is 10.1. The van der Waals surface area contributed by atoms with Crippen molar-refractivity contribution < 1.29 is 27.4 Å². The topological polar surface area (TPSA) is 107 Å². The van der Waals surface area contributed by atoms with Crippen LogP contribution in [0.5, 0.6) is 17.2 Å². The molecule has 2 aromatic carbocycles. The molecule has 30 heavy (non-hydrogen) atoms. The predicted octanol–water partition coefficient (Wildman–Crippen LogP) is 2.69. The molecule has 1 aromatic heterocycles. The molecule has 3 aromatic rings. The number of sulfonamides is 1. The monoisotopic (exact) mass is 445 g/mol. The molecule has 0 unspecified atom stereocenters. The van der Waals surface area contributed by atoms with Crippen LogP contribution in [0.1, 0.15) is 0 Å². The van der Waals surface area contributed by atoms with Gasteiger partial charge in [0, 0.05) is 24.1 Å². The van der Waals surface area contributed by atoms with E-state index in [9.17, 15) is 13.2 Å². The summed E-state index contributed by atoms with van der Waals surface area (Å²) in [6, 6.07) is 9.78. The number of ether oxygens (including phenoxy) is 3. The Morgan fingerprint density at radius 3 is 2.73 bits per heavy atom. The van der Waals surface area contributed by atoms with Crippen molar-refractivity contribution in [3.63, 3.8) is 0 Å². The molecule has 5 rings (SSSR count). The van der Waals surface area contributed by atoms with Gasteiger partial charge in [-0.25, -0.2) is 13.4 Å². The van der Waals surface area contributed by atoms with Gasteiger partial charge in [0.15, 0.2) is 23.2 Å². The summed E-state index contributed by atoms with van der Waals surface area (Å²) in [4.78, 5) is 17.8. The summed E-state index contributed by atoms with van der Waals surface area (Å²) >= 11 is 1.16. The van der Waals surface area contributed by atoms with Crippen LogP contribution in [0.4, 0.5) is 10.8 Å². The molecular formula is C19H15N3O6S2. The molecule has 0 aliphatic carbocycles. The highest BCUT2D eigenvalue weighted by molar-refractivity contribution is 7.93. The van der Waals surface area contributed by atoms with Crippen LogP contribution in [0.15, 0.2) is 46.7 Å². The number of nitrogens with zero attached hydrogens (tertiary/aromatic N) is 2. The number of likely N-dealkylation sites (N-methyl/N-ethyl adjacent to an activating group) is 1. The molecule has 0 fully saturated rings. The van der Waals surface area contributed by atoms with Crippen LogP contribution in [0.3, 0.4) is 0 Å². The van der Waals surface area contributed by atoms with Crippen molar-refractivity contribution in [1.29, 1.82) is 0 Å². The van der Waals surface area contributed by atoms with Crippen LogP contribution in [0.2, 0.25) is 0 Å². The first-order valence-corrected chi connectivity index (χ1v) is 11.2. The lowest BCUT2D eigenvalue weighted by Gasteiger charge is -2.26. The first kappa shape index (κ1) is 18.7. The van der Waals surface area contributed by atoms with E-state index in [0.717, 1.165) is 16.9 Å². The van der Waals surface area contributed by atoms with Crippen molar-refractivity contribution in [2.45, 2.75) is 4.90 Å². The van der Waals surface area contributed by atoms with Gasteiger partial charge in [0.2, 0.25) is 6.79 Å². The highest BCUT2D eigenvalue weighted by atomic mass is 32.2. The number of carbonyl (C=O) groups is 1. The molecule has 2 aliphatic rings. The van der Waals surface area contributed by atoms with Gasteiger partial charge in [-0.15, -0.1) is 11.3 Å². The van der Waals surface area contributed by atoms with Crippen LogP contribution >= 0.6 is 11.3 Å². The van der Waals surface area contributed by atoms with Gasteiger partial charge in [-0.1, -0.05) is 0 Å². The molecule has 1 amide bonds. The molecule has 0 atom stereocenters. The van der Waals surface area contributed by atoms with Gasteiger partial charge in [-0.2, -0.15) is 0 Å². The molecule has 3 heterocycles. The number of nitrogens with one attached hydrogen (secondary N) is 1. The first-order chi connectivity index (χ1) is 14.4. The van der Waals surface area contributed by atoms with Gasteiger partial charge in [-0.05, 0) is 30.3 Å². The minimum Gasteiger partial charge on any atom is -0.482 e. The van der Waals surface area contributed by atoms with Crippen LogP contribution in [0, 0.1) is 0 Å². The lowest BCUT2D eigenvalue weighted by Crippen LogP contribution is -2.35. The summed E-state index contributed by atoms with van der Waals surface area (Å²) in [6.07, 6.45) is 0. The second-order valence-corrected chi connectivity index (χ2v) is 9.12. The second kappa shape index (κ2) is 6.89. The Balaban J connectivity index is 1.40. The quantitative estimate of drug-likeness (QED) is 0.658. The first-order valence-electron chi connectivity index (χ1n) is 8.82. The zero-order valence-corrected chi connectivity index (χ0v) is 17.2. The van der Waals surface area contributed by atoms with E-state index in [-0.39, 0.29) is 29.3 Å². The molecule has 0 saturated carbocycles. The Hall–Kier alpha value is -3.31. The molecule has 0 saturated heterocycles. The predicted molar refractivity (Wildman–Crippen MR) is 110 cm³/mol. The maximum absolute atomic E-state index is 12.7. The van der Waals surface area contributed by atoms with Crippen molar-refractivity contribution >= 4 is 38.1 Å². The van der Waals surface area contributed by atoms with Crippen LogP contribution in [-0.4, -0.2) is 39.8 Å². The maximum Gasteiger partial charge on any atom is 0.264 e. The molecule has 0 spiro atoms. The number of amides is 1. The van der Waals surface area contributed by atoms with E-state index in [1.54, 1.807) is 30.6 Å². The minimum atomic E-state index is -3.84. The van der Waals surface area contributed by atoms with E-state index in [1.165, 1.54) is 17.0 Å². The molecular weight excluding hydrogens is 430 g/mol. The Morgan fingerprint density at radius 2 is 1.87 bits per heavy atom. The molecule has 0 bridgehead atoms. The highest BCUT2D eigenvalue weighted by Gasteiger charge is 2.24. The Kier molecular flexibility index (Phi) is 4.29. The summed E-state index contributed by atoms with van der Waals surface area (Å²) < 4.78 is 43.8. The SMILES string of the molecule is CN1C(=O)COc2ccc(-c3csc(NS(=O)(=O)c4ccc5c(c4)OCO5)n3)cc21. The van der Waals surface area contributed by atoms with Gasteiger partial charge >= 0.3 is 0 Å². The van der Waals surface area contributed by atoms with Gasteiger partial charge in [0.1, 0.15) is 5.75 Å². The van der Waals surface area contributed by atoms with E-state index >= 15 is 0 Å². The van der Waals surface area contributed by atoms with Crippen molar-refractivity contribution in [3.8, 4) is 28.5 Å². The Morgan fingerprint density at radius 1 is 1.07 bits per heavy atom. The van der Waals surface area contributed by atoms with Crippen molar-refractivity contribution in [3.05, 3.63) is 41.8 Å². The van der Waals surface area contributed by atoms with Crippen molar-refractivity contribution in [2.75, 3.05) is 30.1 Å². The average molecular weight is 445 g/mol. The van der Waals surface area contributed by atoms with E-state index < -0.39 is 10.0 Å². The molecule has 1 N–H and O–H groups in total. The number of hydrogen-bond donors (Lipinski definition) is 1. The smallest absolute Gasteiger partial charge is 0.264 e. The standard InChI is InChI=1S/C19H15N3O6S2/c1-22-14-6-11(2-4-15(14)26-8-18(22)23)13-9-29-19(20-13)21-30(24,25)12-3-5-16-17(7-12)28-10-27-16/h2-7,9H,8,10H2,1H3,(H,20,21). The molecule has 0 radical (unpaired) electrons.